The molecule has 5 nitrogen and oxygen atoms in total. The van der Waals surface area contributed by atoms with Crippen LogP contribution in [0.15, 0.2) is 28.2 Å². The van der Waals surface area contributed by atoms with Gasteiger partial charge < -0.3 is 14.6 Å². The van der Waals surface area contributed by atoms with Crippen LogP contribution in [0.5, 0.6) is 0 Å². The molecule has 3 heterocycles. The van der Waals surface area contributed by atoms with Gasteiger partial charge in [0.15, 0.2) is 10.9 Å². The molecule has 106 valence electrons. The van der Waals surface area contributed by atoms with Crippen LogP contribution in [0.4, 0.5) is 5.13 Å². The van der Waals surface area contributed by atoms with Gasteiger partial charge in [-0.15, -0.1) is 11.3 Å². The Morgan fingerprint density at radius 3 is 3.05 bits per heavy atom. The van der Waals surface area contributed by atoms with Crippen molar-refractivity contribution in [3.05, 3.63) is 35.2 Å². The van der Waals surface area contributed by atoms with Crippen molar-refractivity contribution in [3.63, 3.8) is 0 Å². The highest BCUT2D eigenvalue weighted by molar-refractivity contribution is 7.13. The number of hydrogen-bond acceptors (Lipinski definition) is 5. The molecule has 0 spiro atoms. The lowest BCUT2D eigenvalue weighted by atomic mass is 10.3. The monoisotopic (exact) mass is 291 g/mol. The molecule has 1 saturated heterocycles. The fraction of sp³-hybridized carbons (Fsp3) is 0.429. The van der Waals surface area contributed by atoms with Crippen LogP contribution in [0.25, 0.3) is 0 Å². The average molecular weight is 291 g/mol. The van der Waals surface area contributed by atoms with Crippen LogP contribution in [0.1, 0.15) is 29.1 Å². The van der Waals surface area contributed by atoms with Gasteiger partial charge in [-0.1, -0.05) is 0 Å². The molecule has 1 fully saturated rings. The normalized spacial score (nSPS) is 14.7. The zero-order valence-electron chi connectivity index (χ0n) is 11.2. The molecule has 0 atom stereocenters. The van der Waals surface area contributed by atoms with E-state index in [1.807, 2.05) is 0 Å². The highest BCUT2D eigenvalue weighted by Gasteiger charge is 2.15. The van der Waals surface area contributed by atoms with Gasteiger partial charge in [0.1, 0.15) is 0 Å². The van der Waals surface area contributed by atoms with E-state index in [-0.39, 0.29) is 5.91 Å². The molecule has 0 unspecified atom stereocenters. The highest BCUT2D eigenvalue weighted by atomic mass is 32.1. The summed E-state index contributed by atoms with van der Waals surface area (Å²) in [6.45, 7) is 2.80. The van der Waals surface area contributed by atoms with Crippen LogP contribution in [0.2, 0.25) is 0 Å². The number of nitrogens with one attached hydrogen (secondary N) is 1. The number of thiazole rings is 1. The number of anilines is 1. The maximum atomic E-state index is 11.7. The van der Waals surface area contributed by atoms with Gasteiger partial charge in [-0.2, -0.15) is 0 Å². The van der Waals surface area contributed by atoms with Gasteiger partial charge in [-0.05, 0) is 25.0 Å². The number of furan rings is 1. The number of nitrogens with zero attached hydrogens (tertiary/aromatic N) is 2. The molecule has 0 aliphatic carbocycles. The van der Waals surface area contributed by atoms with Crippen molar-refractivity contribution >= 4 is 22.4 Å². The third kappa shape index (κ3) is 3.01. The molecule has 2 aromatic heterocycles. The predicted octanol–water partition coefficient (Wildman–Crippen LogP) is 2.31. The molecule has 0 aromatic carbocycles. The molecule has 20 heavy (non-hydrogen) atoms. The van der Waals surface area contributed by atoms with Gasteiger partial charge in [-0.3, -0.25) is 4.79 Å². The minimum atomic E-state index is -0.176. The maximum Gasteiger partial charge on any atom is 0.286 e. The Labute approximate surface area is 121 Å². The van der Waals surface area contributed by atoms with Crippen LogP contribution in [-0.4, -0.2) is 30.5 Å². The summed E-state index contributed by atoms with van der Waals surface area (Å²) < 4.78 is 5.04. The summed E-state index contributed by atoms with van der Waals surface area (Å²) in [4.78, 5) is 18.6. The Bertz CT molecular complexity index is 559. The van der Waals surface area contributed by atoms with E-state index in [9.17, 15) is 4.79 Å². The summed E-state index contributed by atoms with van der Waals surface area (Å²) in [6, 6.07) is 3.36. The van der Waals surface area contributed by atoms with Crippen LogP contribution >= 0.6 is 11.3 Å². The second kappa shape index (κ2) is 6.09. The molecular formula is C14H17N3O2S. The van der Waals surface area contributed by atoms with Crippen LogP contribution in [0.3, 0.4) is 0 Å². The van der Waals surface area contributed by atoms with Crippen molar-refractivity contribution < 1.29 is 9.21 Å². The van der Waals surface area contributed by atoms with Crippen molar-refractivity contribution in [1.82, 2.24) is 10.3 Å². The molecule has 1 aliphatic rings. The molecule has 3 rings (SSSR count). The minimum absolute atomic E-state index is 0.176. The van der Waals surface area contributed by atoms with E-state index in [2.05, 4.69) is 20.6 Å². The maximum absolute atomic E-state index is 11.7. The van der Waals surface area contributed by atoms with Gasteiger partial charge in [0.2, 0.25) is 0 Å². The van der Waals surface area contributed by atoms with E-state index in [1.54, 1.807) is 23.5 Å². The molecular weight excluding hydrogens is 274 g/mol. The quantitative estimate of drug-likeness (QED) is 0.918. The smallest absolute Gasteiger partial charge is 0.286 e. The summed E-state index contributed by atoms with van der Waals surface area (Å²) >= 11 is 1.69. The average Bonchev–Trinajstić information content (AvgIpc) is 3.20. The first-order chi connectivity index (χ1) is 9.83. The van der Waals surface area contributed by atoms with Gasteiger partial charge in [-0.25, -0.2) is 4.98 Å². The Balaban J connectivity index is 1.48. The summed E-state index contributed by atoms with van der Waals surface area (Å²) in [6.07, 6.45) is 4.76. The first-order valence-electron chi connectivity index (χ1n) is 6.84. The Kier molecular flexibility index (Phi) is 4.01. The number of carbonyl (C=O) groups is 1. The minimum Gasteiger partial charge on any atom is -0.459 e. The Morgan fingerprint density at radius 1 is 1.45 bits per heavy atom. The summed E-state index contributed by atoms with van der Waals surface area (Å²) in [5, 5.41) is 6.01. The van der Waals surface area contributed by atoms with E-state index < -0.39 is 0 Å². The fourth-order valence-corrected chi connectivity index (χ4v) is 3.18. The van der Waals surface area contributed by atoms with Crippen molar-refractivity contribution in [2.24, 2.45) is 0 Å². The second-order valence-electron chi connectivity index (χ2n) is 4.80. The van der Waals surface area contributed by atoms with Gasteiger partial charge >= 0.3 is 0 Å². The summed E-state index contributed by atoms with van der Waals surface area (Å²) in [7, 11) is 0. The van der Waals surface area contributed by atoms with E-state index in [0.29, 0.717) is 12.3 Å². The van der Waals surface area contributed by atoms with Crippen molar-refractivity contribution in [3.8, 4) is 0 Å². The van der Waals surface area contributed by atoms with Crippen LogP contribution in [-0.2, 0) is 6.42 Å². The zero-order valence-corrected chi connectivity index (χ0v) is 12.0. The van der Waals surface area contributed by atoms with E-state index >= 15 is 0 Å². The SMILES string of the molecule is O=C(NCCc1csc(N2CCCC2)n1)c1ccco1. The fourth-order valence-electron chi connectivity index (χ4n) is 2.26. The largest absolute Gasteiger partial charge is 0.459 e. The highest BCUT2D eigenvalue weighted by Crippen LogP contribution is 2.24. The van der Waals surface area contributed by atoms with Gasteiger partial charge in [0.25, 0.3) is 5.91 Å². The van der Waals surface area contributed by atoms with Crippen molar-refractivity contribution in [2.75, 3.05) is 24.5 Å². The number of hydrogen-bond donors (Lipinski definition) is 1. The van der Waals surface area contributed by atoms with Crippen LogP contribution in [0, 0.1) is 0 Å². The van der Waals surface area contributed by atoms with E-state index in [0.717, 1.165) is 30.3 Å². The van der Waals surface area contributed by atoms with Crippen molar-refractivity contribution in [1.29, 1.82) is 0 Å². The molecule has 0 radical (unpaired) electrons. The molecule has 0 saturated carbocycles. The number of aromatic nitrogens is 1. The lowest BCUT2D eigenvalue weighted by molar-refractivity contribution is 0.0926. The Morgan fingerprint density at radius 2 is 2.30 bits per heavy atom. The molecule has 6 heteroatoms. The number of amides is 1. The topological polar surface area (TPSA) is 58.4 Å². The molecule has 1 amide bonds. The summed E-state index contributed by atoms with van der Waals surface area (Å²) in [5.41, 5.74) is 1.04. The molecule has 2 aromatic rings. The Hall–Kier alpha value is -1.82. The molecule has 1 N–H and O–H groups in total. The predicted molar refractivity (Wildman–Crippen MR) is 78.3 cm³/mol. The van der Waals surface area contributed by atoms with Crippen LogP contribution < -0.4 is 10.2 Å². The first kappa shape index (κ1) is 13.2. The first-order valence-corrected chi connectivity index (χ1v) is 7.72. The lowest BCUT2D eigenvalue weighted by Gasteiger charge is -2.12. The zero-order chi connectivity index (χ0) is 13.8. The summed E-state index contributed by atoms with van der Waals surface area (Å²) in [5.74, 6) is 0.172. The van der Waals surface area contributed by atoms with Gasteiger partial charge in [0.05, 0.1) is 12.0 Å². The van der Waals surface area contributed by atoms with Crippen molar-refractivity contribution in [2.45, 2.75) is 19.3 Å². The van der Waals surface area contributed by atoms with Gasteiger partial charge in [0, 0.05) is 31.4 Å². The third-order valence-corrected chi connectivity index (χ3v) is 4.28. The molecule has 1 aliphatic heterocycles. The van der Waals surface area contributed by atoms with E-state index in [4.69, 9.17) is 4.42 Å². The third-order valence-electron chi connectivity index (χ3n) is 3.33. The standard InChI is InChI=1S/C14H17N3O2S/c18-13(12-4-3-9-19-12)15-6-5-11-10-20-14(16-11)17-7-1-2-8-17/h3-4,9-10H,1-2,5-8H2,(H,15,18). The number of rotatable bonds is 5. The number of carbonyl (C=O) groups excluding carboxylic acids is 1. The lowest BCUT2D eigenvalue weighted by Crippen LogP contribution is -2.25. The van der Waals surface area contributed by atoms with E-state index in [1.165, 1.54) is 19.1 Å². The molecule has 0 bridgehead atoms. The second-order valence-corrected chi connectivity index (χ2v) is 5.64.